The van der Waals surface area contributed by atoms with E-state index in [1.807, 2.05) is 0 Å². The first kappa shape index (κ1) is 20.8. The minimum atomic E-state index is -1.42. The molecule has 0 saturated carbocycles. The molecule has 0 amide bonds. The van der Waals surface area contributed by atoms with Crippen LogP contribution in [0.5, 0.6) is 5.75 Å². The van der Waals surface area contributed by atoms with E-state index in [1.54, 1.807) is 0 Å². The van der Waals surface area contributed by atoms with Crippen molar-refractivity contribution >= 4 is 5.69 Å². The molecule has 1 aromatic carbocycles. The molecule has 2 unspecified atom stereocenters. The Labute approximate surface area is 158 Å². The number of aliphatic hydroxyl groups excluding tert-OH is 5. The van der Waals surface area contributed by atoms with E-state index in [-0.39, 0.29) is 18.0 Å². The summed E-state index contributed by atoms with van der Waals surface area (Å²) in [5, 5.41) is 59.4. The number of benzene rings is 1. The van der Waals surface area contributed by atoms with E-state index in [1.165, 1.54) is 24.3 Å². The van der Waals surface area contributed by atoms with Crippen molar-refractivity contribution in [3.8, 4) is 5.75 Å². The van der Waals surface area contributed by atoms with Crippen LogP contribution in [0.4, 0.5) is 5.69 Å². The van der Waals surface area contributed by atoms with Gasteiger partial charge in [-0.2, -0.15) is 0 Å². The number of ether oxygens (including phenoxy) is 4. The first-order valence-electron chi connectivity index (χ1n) is 8.48. The summed E-state index contributed by atoms with van der Waals surface area (Å²) in [5.41, 5.74) is -0.134. The minimum absolute atomic E-state index is 0.134. The van der Waals surface area contributed by atoms with Crippen molar-refractivity contribution in [2.45, 2.75) is 49.2 Å². The van der Waals surface area contributed by atoms with Crippen LogP contribution in [0.2, 0.25) is 0 Å². The molecule has 12 heteroatoms. The summed E-state index contributed by atoms with van der Waals surface area (Å²) < 4.78 is 21.3. The Hall–Kier alpha value is -1.90. The van der Waals surface area contributed by atoms with Gasteiger partial charge < -0.3 is 44.5 Å². The fourth-order valence-corrected chi connectivity index (χ4v) is 2.92. The van der Waals surface area contributed by atoms with Crippen molar-refractivity contribution in [2.24, 2.45) is 0 Å². The van der Waals surface area contributed by atoms with Gasteiger partial charge in [0.2, 0.25) is 6.29 Å². The fourth-order valence-electron chi connectivity index (χ4n) is 2.92. The Kier molecular flexibility index (Phi) is 6.42. The van der Waals surface area contributed by atoms with Gasteiger partial charge in [-0.25, -0.2) is 0 Å². The Morgan fingerprint density at radius 2 is 1.50 bits per heavy atom. The van der Waals surface area contributed by atoms with Gasteiger partial charge in [-0.1, -0.05) is 0 Å². The van der Waals surface area contributed by atoms with Gasteiger partial charge in [0.25, 0.3) is 5.69 Å². The molecule has 2 fully saturated rings. The highest BCUT2D eigenvalue weighted by Gasteiger charge is 2.47. The van der Waals surface area contributed by atoms with Crippen LogP contribution in [0.25, 0.3) is 0 Å². The van der Waals surface area contributed by atoms with E-state index in [0.29, 0.717) is 0 Å². The lowest BCUT2D eigenvalue weighted by atomic mass is 10.1. The van der Waals surface area contributed by atoms with Crippen molar-refractivity contribution < 1.29 is 49.4 Å². The molecule has 0 aromatic heterocycles. The molecule has 0 bridgehead atoms. The van der Waals surface area contributed by atoms with Crippen molar-refractivity contribution in [2.75, 3.05) is 13.2 Å². The molecule has 156 valence electrons. The number of hydrogen-bond donors (Lipinski definition) is 5. The molecule has 28 heavy (non-hydrogen) atoms. The minimum Gasteiger partial charge on any atom is -0.462 e. The maximum Gasteiger partial charge on any atom is 0.269 e. The third-order valence-electron chi connectivity index (χ3n) is 4.54. The van der Waals surface area contributed by atoms with Crippen molar-refractivity contribution in [3.05, 3.63) is 34.4 Å². The Bertz CT molecular complexity index is 671. The maximum atomic E-state index is 10.7. The van der Waals surface area contributed by atoms with Crippen LogP contribution in [0.15, 0.2) is 24.3 Å². The molecule has 2 saturated heterocycles. The summed E-state index contributed by atoms with van der Waals surface area (Å²) in [6, 6.07) is 5.08. The maximum absolute atomic E-state index is 10.7. The van der Waals surface area contributed by atoms with Crippen LogP contribution in [0.1, 0.15) is 0 Å². The molecular weight excluding hydrogens is 382 g/mol. The molecule has 3 rings (SSSR count). The van der Waals surface area contributed by atoms with E-state index in [4.69, 9.17) is 24.1 Å². The van der Waals surface area contributed by atoms with Crippen molar-refractivity contribution in [3.63, 3.8) is 0 Å². The zero-order chi connectivity index (χ0) is 20.4. The summed E-state index contributed by atoms with van der Waals surface area (Å²) in [4.78, 5) is 10.1. The molecule has 0 radical (unpaired) electrons. The zero-order valence-electron chi connectivity index (χ0n) is 14.5. The summed E-state index contributed by atoms with van der Waals surface area (Å²) in [6.45, 7) is -0.810. The molecule has 0 spiro atoms. The van der Waals surface area contributed by atoms with Crippen molar-refractivity contribution in [1.82, 2.24) is 0 Å². The summed E-state index contributed by atoms with van der Waals surface area (Å²) in [7, 11) is 0. The van der Waals surface area contributed by atoms with Crippen LogP contribution in [0, 0.1) is 10.1 Å². The van der Waals surface area contributed by atoms with Gasteiger partial charge in [-0.3, -0.25) is 10.1 Å². The lowest BCUT2D eigenvalue weighted by Gasteiger charge is -2.20. The summed E-state index contributed by atoms with van der Waals surface area (Å²) in [5.74, 6) is 0.187. The van der Waals surface area contributed by atoms with Crippen LogP contribution in [0.3, 0.4) is 0 Å². The number of rotatable bonds is 7. The molecule has 2 heterocycles. The van der Waals surface area contributed by atoms with Gasteiger partial charge in [0.1, 0.15) is 42.4 Å². The van der Waals surface area contributed by atoms with Crippen LogP contribution >= 0.6 is 0 Å². The van der Waals surface area contributed by atoms with Crippen LogP contribution in [-0.2, 0) is 14.2 Å². The molecular formula is C16H21NO11. The number of nitro groups is 1. The summed E-state index contributed by atoms with van der Waals surface area (Å²) in [6.07, 6.45) is -10.0. The second-order valence-corrected chi connectivity index (χ2v) is 6.43. The topological polar surface area (TPSA) is 181 Å². The van der Waals surface area contributed by atoms with Gasteiger partial charge in [0.05, 0.1) is 18.1 Å². The average Bonchev–Trinajstić information content (AvgIpc) is 3.11. The Morgan fingerprint density at radius 3 is 2.07 bits per heavy atom. The first-order chi connectivity index (χ1) is 13.3. The van der Waals surface area contributed by atoms with Gasteiger partial charge in [-0.15, -0.1) is 0 Å². The Balaban J connectivity index is 1.54. The molecule has 5 N–H and O–H groups in total. The lowest BCUT2D eigenvalue weighted by Crippen LogP contribution is -2.38. The second-order valence-electron chi connectivity index (χ2n) is 6.43. The molecule has 1 aromatic rings. The predicted octanol–water partition coefficient (Wildman–Crippen LogP) is -2.12. The third-order valence-corrected chi connectivity index (χ3v) is 4.54. The van der Waals surface area contributed by atoms with E-state index in [2.05, 4.69) is 0 Å². The monoisotopic (exact) mass is 403 g/mol. The van der Waals surface area contributed by atoms with E-state index in [0.717, 1.165) is 0 Å². The van der Waals surface area contributed by atoms with E-state index >= 15 is 0 Å². The molecule has 8 atom stereocenters. The summed E-state index contributed by atoms with van der Waals surface area (Å²) >= 11 is 0. The standard InChI is InChI=1S/C16H21NO11/c18-5-9-11(19)13(21)15(27-9)25-6-10-12(20)14(22)16(28-10)26-8-3-1-7(2-4-8)17(23)24/h1-4,9-16,18-22H,5-6H2/t9-,10-,11+,12+,13?,14?,15+,16+/m0/s1. The number of nitrogens with zero attached hydrogens (tertiary/aromatic N) is 1. The zero-order valence-corrected chi connectivity index (χ0v) is 14.5. The fraction of sp³-hybridized carbons (Fsp3) is 0.625. The number of aliphatic hydroxyl groups is 5. The highest BCUT2D eigenvalue weighted by molar-refractivity contribution is 5.36. The predicted molar refractivity (Wildman–Crippen MR) is 88.1 cm³/mol. The normalized spacial score (nSPS) is 37.9. The molecule has 2 aliphatic rings. The van der Waals surface area contributed by atoms with E-state index < -0.39 is 60.7 Å². The van der Waals surface area contributed by atoms with Gasteiger partial charge >= 0.3 is 0 Å². The third kappa shape index (κ3) is 4.24. The van der Waals surface area contributed by atoms with Crippen LogP contribution < -0.4 is 4.74 Å². The molecule has 0 aliphatic carbocycles. The highest BCUT2D eigenvalue weighted by Crippen LogP contribution is 2.28. The SMILES string of the molecule is O=[N+]([O-])c1ccc(O[C@@H]2O[C@@H](CO[C@@H]3O[C@@H](CO)[C@@H](O)C3O)[C@@H](O)C2O)cc1. The second kappa shape index (κ2) is 8.63. The lowest BCUT2D eigenvalue weighted by molar-refractivity contribution is -0.384. The first-order valence-corrected chi connectivity index (χ1v) is 8.48. The molecule has 2 aliphatic heterocycles. The van der Waals surface area contributed by atoms with Gasteiger partial charge in [-0.05, 0) is 12.1 Å². The highest BCUT2D eigenvalue weighted by atomic mass is 16.7. The quantitative estimate of drug-likeness (QED) is 0.248. The van der Waals surface area contributed by atoms with Gasteiger partial charge in [0, 0.05) is 12.1 Å². The average molecular weight is 403 g/mol. The van der Waals surface area contributed by atoms with Crippen molar-refractivity contribution in [1.29, 1.82) is 0 Å². The van der Waals surface area contributed by atoms with E-state index in [9.17, 15) is 30.5 Å². The number of nitro benzene ring substituents is 1. The molecule has 12 nitrogen and oxygen atoms in total. The van der Waals surface area contributed by atoms with Gasteiger partial charge in [0.15, 0.2) is 6.29 Å². The Morgan fingerprint density at radius 1 is 0.929 bits per heavy atom. The van der Waals surface area contributed by atoms with Crippen LogP contribution in [-0.4, -0.2) is 92.9 Å². The number of hydrogen-bond acceptors (Lipinski definition) is 11. The number of non-ortho nitro benzene ring substituents is 1. The largest absolute Gasteiger partial charge is 0.462 e. The smallest absolute Gasteiger partial charge is 0.269 e.